The lowest BCUT2D eigenvalue weighted by Crippen LogP contribution is -2.54. The first-order valence-corrected chi connectivity index (χ1v) is 12.6. The summed E-state index contributed by atoms with van der Waals surface area (Å²) in [5, 5.41) is 2.21. The molecule has 1 N–H and O–H groups in total. The molecule has 3 aromatic carbocycles. The van der Waals surface area contributed by atoms with Crippen molar-refractivity contribution in [3.05, 3.63) is 87.7 Å². The second-order valence-corrected chi connectivity index (χ2v) is 8.88. The van der Waals surface area contributed by atoms with Crippen LogP contribution in [-0.2, 0) is 16.2 Å². The molecule has 0 spiro atoms. The summed E-state index contributed by atoms with van der Waals surface area (Å²) in [5.74, 6) is -0.849. The Hall–Kier alpha value is -4.18. The molecular weight excluding hydrogens is 559 g/mol. The molecule has 0 aromatic heterocycles. The summed E-state index contributed by atoms with van der Waals surface area (Å²) >= 11 is 3.41. The van der Waals surface area contributed by atoms with E-state index in [1.165, 1.54) is 18.2 Å². The van der Waals surface area contributed by atoms with E-state index in [9.17, 15) is 18.8 Å². The Morgan fingerprint density at radius 1 is 0.921 bits per heavy atom. The van der Waals surface area contributed by atoms with Crippen molar-refractivity contribution < 1.29 is 33.0 Å². The summed E-state index contributed by atoms with van der Waals surface area (Å²) in [4.78, 5) is 39.7. The van der Waals surface area contributed by atoms with Crippen LogP contribution in [0.3, 0.4) is 0 Å². The first-order chi connectivity index (χ1) is 18.3. The van der Waals surface area contributed by atoms with Gasteiger partial charge >= 0.3 is 6.03 Å². The van der Waals surface area contributed by atoms with Gasteiger partial charge < -0.3 is 14.2 Å². The number of carbonyl (C=O) groups is 3. The average Bonchev–Trinajstić information content (AvgIpc) is 2.88. The number of rotatable bonds is 9. The van der Waals surface area contributed by atoms with Crippen LogP contribution in [-0.4, -0.2) is 31.1 Å². The molecule has 0 saturated carbocycles. The average molecular weight is 583 g/mol. The molecule has 1 aliphatic rings. The smallest absolute Gasteiger partial charge is 0.336 e. The molecule has 4 rings (SSSR count). The van der Waals surface area contributed by atoms with Crippen LogP contribution in [0.2, 0.25) is 0 Å². The Labute approximate surface area is 227 Å². The lowest BCUT2D eigenvalue weighted by atomic mass is 10.1. The molecule has 1 fully saturated rings. The number of nitrogens with zero attached hydrogens (tertiary/aromatic N) is 1. The van der Waals surface area contributed by atoms with Crippen LogP contribution < -0.4 is 24.4 Å². The van der Waals surface area contributed by atoms with Gasteiger partial charge in [-0.1, -0.05) is 24.3 Å². The predicted molar refractivity (Wildman–Crippen MR) is 143 cm³/mol. The van der Waals surface area contributed by atoms with Gasteiger partial charge in [0.15, 0.2) is 0 Å². The number of amides is 4. The molecule has 1 heterocycles. The lowest BCUT2D eigenvalue weighted by Gasteiger charge is -2.28. The Morgan fingerprint density at radius 2 is 1.66 bits per heavy atom. The third-order valence-corrected chi connectivity index (χ3v) is 6.11. The number of imide groups is 2. The van der Waals surface area contributed by atoms with Crippen LogP contribution >= 0.6 is 15.9 Å². The standard InChI is InChI=1S/C28H24BrFN2O6/c1-3-36-19-10-12-25(37-4-2)23(15-19)32-27(34)20(26(33)31-28(32)35)13-17-9-11-24(21(29)14-17)38-16-18-7-5-6-8-22(18)30/h5-15H,3-4,16H2,1-2H3,(H,31,33,35)/b20-13+. The van der Waals surface area contributed by atoms with Crippen molar-refractivity contribution in [1.82, 2.24) is 5.32 Å². The largest absolute Gasteiger partial charge is 0.494 e. The fourth-order valence-electron chi connectivity index (χ4n) is 3.74. The molecule has 0 radical (unpaired) electrons. The zero-order valence-electron chi connectivity index (χ0n) is 20.6. The van der Waals surface area contributed by atoms with E-state index in [-0.39, 0.29) is 29.4 Å². The second-order valence-electron chi connectivity index (χ2n) is 8.02. The van der Waals surface area contributed by atoms with Gasteiger partial charge in [-0.25, -0.2) is 14.1 Å². The molecular formula is C28H24BrFN2O6. The second kappa shape index (κ2) is 11.9. The minimum Gasteiger partial charge on any atom is -0.494 e. The maximum absolute atomic E-state index is 13.9. The number of ether oxygens (including phenoxy) is 3. The summed E-state index contributed by atoms with van der Waals surface area (Å²) in [7, 11) is 0. The highest BCUT2D eigenvalue weighted by molar-refractivity contribution is 9.10. The highest BCUT2D eigenvalue weighted by Gasteiger charge is 2.38. The molecule has 0 bridgehead atoms. The highest BCUT2D eigenvalue weighted by atomic mass is 79.9. The van der Waals surface area contributed by atoms with E-state index in [1.54, 1.807) is 55.5 Å². The van der Waals surface area contributed by atoms with Crippen molar-refractivity contribution in [2.24, 2.45) is 0 Å². The predicted octanol–water partition coefficient (Wildman–Crippen LogP) is 5.63. The van der Waals surface area contributed by atoms with E-state index in [0.717, 1.165) is 4.90 Å². The molecule has 0 aliphatic carbocycles. The Balaban J connectivity index is 1.62. The fraction of sp³-hybridized carbons (Fsp3) is 0.179. The molecule has 8 nitrogen and oxygen atoms in total. The normalized spacial score (nSPS) is 14.5. The van der Waals surface area contributed by atoms with E-state index < -0.39 is 17.8 Å². The van der Waals surface area contributed by atoms with E-state index in [1.807, 2.05) is 6.92 Å². The maximum Gasteiger partial charge on any atom is 0.336 e. The topological polar surface area (TPSA) is 94.2 Å². The van der Waals surface area contributed by atoms with Gasteiger partial charge in [0.2, 0.25) is 0 Å². The first kappa shape index (κ1) is 26.9. The summed E-state index contributed by atoms with van der Waals surface area (Å²) in [6.45, 7) is 4.28. The number of hydrogen-bond acceptors (Lipinski definition) is 6. The van der Waals surface area contributed by atoms with Gasteiger partial charge in [-0.15, -0.1) is 0 Å². The van der Waals surface area contributed by atoms with Crippen molar-refractivity contribution >= 4 is 45.5 Å². The molecule has 196 valence electrons. The van der Waals surface area contributed by atoms with Crippen molar-refractivity contribution in [2.75, 3.05) is 18.1 Å². The molecule has 1 saturated heterocycles. The summed E-state index contributed by atoms with van der Waals surface area (Å²) in [6, 6.07) is 15.1. The number of halogens is 2. The van der Waals surface area contributed by atoms with Gasteiger partial charge in [0.05, 0.1) is 23.4 Å². The van der Waals surface area contributed by atoms with Crippen LogP contribution in [0.4, 0.5) is 14.9 Å². The number of hydrogen-bond donors (Lipinski definition) is 1. The van der Waals surface area contributed by atoms with Gasteiger partial charge in [0.25, 0.3) is 11.8 Å². The SMILES string of the molecule is CCOc1ccc(OCC)c(N2C(=O)NC(=O)/C(=C\c3ccc(OCc4ccccc4F)c(Br)c3)C2=O)c1. The van der Waals surface area contributed by atoms with E-state index in [4.69, 9.17) is 14.2 Å². The highest BCUT2D eigenvalue weighted by Crippen LogP contribution is 2.35. The molecule has 3 aromatic rings. The minimum absolute atomic E-state index is 0.0205. The van der Waals surface area contributed by atoms with Crippen LogP contribution in [0, 0.1) is 5.82 Å². The number of urea groups is 1. The van der Waals surface area contributed by atoms with Crippen LogP contribution in [0.5, 0.6) is 17.2 Å². The monoisotopic (exact) mass is 582 g/mol. The van der Waals surface area contributed by atoms with Crippen LogP contribution in [0.15, 0.2) is 70.7 Å². The Kier molecular flexibility index (Phi) is 8.42. The zero-order valence-corrected chi connectivity index (χ0v) is 22.2. The third kappa shape index (κ3) is 5.86. The van der Waals surface area contributed by atoms with E-state index in [2.05, 4.69) is 21.2 Å². The minimum atomic E-state index is -0.898. The molecule has 0 atom stereocenters. The zero-order chi connectivity index (χ0) is 27.2. The van der Waals surface area contributed by atoms with Crippen molar-refractivity contribution in [3.63, 3.8) is 0 Å². The first-order valence-electron chi connectivity index (χ1n) is 11.8. The van der Waals surface area contributed by atoms with Crippen molar-refractivity contribution in [2.45, 2.75) is 20.5 Å². The number of barbiturate groups is 1. The summed E-state index contributed by atoms with van der Waals surface area (Å²) in [5.41, 5.74) is 0.799. The fourth-order valence-corrected chi connectivity index (χ4v) is 4.25. The van der Waals surface area contributed by atoms with E-state index >= 15 is 0 Å². The number of nitrogens with one attached hydrogen (secondary N) is 1. The van der Waals surface area contributed by atoms with Gasteiger partial charge in [-0.2, -0.15) is 0 Å². The third-order valence-electron chi connectivity index (χ3n) is 5.49. The number of carbonyl (C=O) groups excluding carboxylic acids is 3. The summed E-state index contributed by atoms with van der Waals surface area (Å²) < 4.78 is 31.3. The quantitative estimate of drug-likeness (QED) is 0.259. The van der Waals surface area contributed by atoms with Crippen molar-refractivity contribution in [3.8, 4) is 17.2 Å². The lowest BCUT2D eigenvalue weighted by molar-refractivity contribution is -0.122. The van der Waals surface area contributed by atoms with Gasteiger partial charge in [-0.05, 0) is 71.7 Å². The summed E-state index contributed by atoms with van der Waals surface area (Å²) in [6.07, 6.45) is 1.37. The molecule has 0 unspecified atom stereocenters. The van der Waals surface area contributed by atoms with Crippen LogP contribution in [0.25, 0.3) is 6.08 Å². The molecule has 10 heteroatoms. The number of benzene rings is 3. The van der Waals surface area contributed by atoms with Gasteiger partial charge in [0, 0.05) is 11.6 Å². The molecule has 38 heavy (non-hydrogen) atoms. The maximum atomic E-state index is 13.9. The molecule has 4 amide bonds. The van der Waals surface area contributed by atoms with Crippen molar-refractivity contribution in [1.29, 1.82) is 0 Å². The Bertz CT molecular complexity index is 1420. The number of anilines is 1. The Morgan fingerprint density at radius 3 is 2.37 bits per heavy atom. The van der Waals surface area contributed by atoms with Crippen LogP contribution in [0.1, 0.15) is 25.0 Å². The van der Waals surface area contributed by atoms with E-state index in [0.29, 0.717) is 40.3 Å². The van der Waals surface area contributed by atoms with Gasteiger partial charge in [0.1, 0.15) is 35.2 Å². The van der Waals surface area contributed by atoms with Gasteiger partial charge in [-0.3, -0.25) is 14.9 Å². The molecule has 1 aliphatic heterocycles.